The average Bonchev–Trinajstić information content (AvgIpc) is 2.36. The minimum Gasteiger partial charge on any atom is -0.479 e. The highest BCUT2D eigenvalue weighted by Gasteiger charge is 1.97. The standard InChI is InChI=1S/C14H21N3O/c1-17(2)9-4-8-16-12-13-5-3-6-14(11-13)18-10-7-15/h3,5-6,11,16H,4,8-10,12H2,1-2H3. The molecule has 98 valence electrons. The Morgan fingerprint density at radius 2 is 2.22 bits per heavy atom. The Balaban J connectivity index is 2.27. The van der Waals surface area contributed by atoms with E-state index in [-0.39, 0.29) is 6.61 Å². The summed E-state index contributed by atoms with van der Waals surface area (Å²) < 4.78 is 5.26. The summed E-state index contributed by atoms with van der Waals surface area (Å²) in [5.41, 5.74) is 1.18. The van der Waals surface area contributed by atoms with Crippen molar-refractivity contribution in [2.45, 2.75) is 13.0 Å². The normalized spacial score (nSPS) is 10.3. The lowest BCUT2D eigenvalue weighted by Crippen LogP contribution is -2.20. The molecule has 0 fully saturated rings. The van der Waals surface area contributed by atoms with Gasteiger partial charge in [-0.1, -0.05) is 12.1 Å². The molecule has 4 nitrogen and oxygen atoms in total. The summed E-state index contributed by atoms with van der Waals surface area (Å²) >= 11 is 0. The highest BCUT2D eigenvalue weighted by atomic mass is 16.5. The summed E-state index contributed by atoms with van der Waals surface area (Å²) in [6, 6.07) is 9.80. The van der Waals surface area contributed by atoms with Crippen LogP contribution in [0.5, 0.6) is 5.75 Å². The molecule has 1 aromatic carbocycles. The topological polar surface area (TPSA) is 48.3 Å². The third kappa shape index (κ3) is 6.24. The maximum absolute atomic E-state index is 8.45. The highest BCUT2D eigenvalue weighted by Crippen LogP contribution is 2.12. The van der Waals surface area contributed by atoms with Crippen molar-refractivity contribution >= 4 is 0 Å². The molecule has 0 aliphatic heterocycles. The summed E-state index contributed by atoms with van der Waals surface area (Å²) in [6.45, 7) is 3.02. The van der Waals surface area contributed by atoms with E-state index >= 15 is 0 Å². The summed E-state index contributed by atoms with van der Waals surface area (Å²) in [5, 5.41) is 11.8. The lowest BCUT2D eigenvalue weighted by molar-refractivity contribution is 0.367. The third-order valence-electron chi connectivity index (χ3n) is 2.49. The van der Waals surface area contributed by atoms with Gasteiger partial charge in [0.2, 0.25) is 0 Å². The van der Waals surface area contributed by atoms with Crippen LogP contribution in [0.15, 0.2) is 24.3 Å². The van der Waals surface area contributed by atoms with Gasteiger partial charge in [-0.25, -0.2) is 0 Å². The fourth-order valence-corrected chi connectivity index (χ4v) is 1.61. The fourth-order valence-electron chi connectivity index (χ4n) is 1.61. The summed E-state index contributed by atoms with van der Waals surface area (Å²) in [7, 11) is 4.16. The lowest BCUT2D eigenvalue weighted by atomic mass is 10.2. The van der Waals surface area contributed by atoms with Gasteiger partial charge in [-0.05, 0) is 51.3 Å². The average molecular weight is 247 g/mol. The van der Waals surface area contributed by atoms with Gasteiger partial charge in [0.05, 0.1) is 0 Å². The molecule has 0 aliphatic rings. The first-order valence-electron chi connectivity index (χ1n) is 6.16. The quantitative estimate of drug-likeness (QED) is 0.709. The van der Waals surface area contributed by atoms with Crippen molar-refractivity contribution in [2.75, 3.05) is 33.8 Å². The molecule has 0 bridgehead atoms. The number of nitrogens with one attached hydrogen (secondary N) is 1. The summed E-state index contributed by atoms with van der Waals surface area (Å²) in [6.07, 6.45) is 1.14. The van der Waals surface area contributed by atoms with E-state index in [1.807, 2.05) is 24.3 Å². The van der Waals surface area contributed by atoms with Gasteiger partial charge in [0, 0.05) is 6.54 Å². The number of hydrogen-bond donors (Lipinski definition) is 1. The maximum Gasteiger partial charge on any atom is 0.174 e. The molecule has 1 N–H and O–H groups in total. The molecule has 0 atom stereocenters. The molecule has 1 rings (SSSR count). The highest BCUT2D eigenvalue weighted by molar-refractivity contribution is 5.28. The van der Waals surface area contributed by atoms with Crippen LogP contribution in [0.1, 0.15) is 12.0 Å². The molecule has 0 radical (unpaired) electrons. The minimum absolute atomic E-state index is 0.0969. The summed E-state index contributed by atoms with van der Waals surface area (Å²) in [4.78, 5) is 2.18. The van der Waals surface area contributed by atoms with Crippen LogP contribution < -0.4 is 10.1 Å². The van der Waals surface area contributed by atoms with E-state index in [0.717, 1.165) is 31.8 Å². The SMILES string of the molecule is CN(C)CCCNCc1cccc(OCC#N)c1. The van der Waals surface area contributed by atoms with Crippen molar-refractivity contribution in [3.8, 4) is 11.8 Å². The van der Waals surface area contributed by atoms with Gasteiger partial charge in [-0.15, -0.1) is 0 Å². The van der Waals surface area contributed by atoms with Crippen molar-refractivity contribution < 1.29 is 4.74 Å². The van der Waals surface area contributed by atoms with Gasteiger partial charge in [-0.3, -0.25) is 0 Å². The fraction of sp³-hybridized carbons (Fsp3) is 0.500. The third-order valence-corrected chi connectivity index (χ3v) is 2.49. The van der Waals surface area contributed by atoms with Crippen LogP contribution in [-0.4, -0.2) is 38.7 Å². The second-order valence-corrected chi connectivity index (χ2v) is 4.43. The number of rotatable bonds is 8. The van der Waals surface area contributed by atoms with E-state index in [4.69, 9.17) is 10.00 Å². The Bertz CT molecular complexity index is 385. The zero-order chi connectivity index (χ0) is 13.2. The van der Waals surface area contributed by atoms with E-state index in [2.05, 4.69) is 30.4 Å². The Labute approximate surface area is 109 Å². The van der Waals surface area contributed by atoms with Crippen LogP contribution in [0.2, 0.25) is 0 Å². The Morgan fingerprint density at radius 1 is 1.39 bits per heavy atom. The first kappa shape index (κ1) is 14.5. The van der Waals surface area contributed by atoms with Gasteiger partial charge in [0.15, 0.2) is 6.61 Å². The second-order valence-electron chi connectivity index (χ2n) is 4.43. The zero-order valence-electron chi connectivity index (χ0n) is 11.1. The molecule has 0 saturated heterocycles. The molecule has 0 aliphatic carbocycles. The molecule has 0 aromatic heterocycles. The smallest absolute Gasteiger partial charge is 0.174 e. The van der Waals surface area contributed by atoms with Crippen molar-refractivity contribution in [1.29, 1.82) is 5.26 Å². The van der Waals surface area contributed by atoms with Crippen molar-refractivity contribution in [3.05, 3.63) is 29.8 Å². The molecule has 0 saturated carbocycles. The molecule has 4 heteroatoms. The van der Waals surface area contributed by atoms with Crippen LogP contribution in [0, 0.1) is 11.3 Å². The van der Waals surface area contributed by atoms with Crippen molar-refractivity contribution in [3.63, 3.8) is 0 Å². The van der Waals surface area contributed by atoms with E-state index in [1.54, 1.807) is 0 Å². The van der Waals surface area contributed by atoms with E-state index < -0.39 is 0 Å². The van der Waals surface area contributed by atoms with Gasteiger partial charge in [-0.2, -0.15) is 5.26 Å². The molecular formula is C14H21N3O. The van der Waals surface area contributed by atoms with Gasteiger partial charge in [0.1, 0.15) is 11.8 Å². The predicted molar refractivity (Wildman–Crippen MR) is 72.4 cm³/mol. The number of hydrogen-bond acceptors (Lipinski definition) is 4. The maximum atomic E-state index is 8.45. The second kappa shape index (κ2) is 8.51. The number of benzene rings is 1. The van der Waals surface area contributed by atoms with Crippen LogP contribution in [-0.2, 0) is 6.54 Å². The van der Waals surface area contributed by atoms with E-state index in [9.17, 15) is 0 Å². The van der Waals surface area contributed by atoms with Crippen LogP contribution >= 0.6 is 0 Å². The Kier molecular flexibility index (Phi) is 6.85. The predicted octanol–water partition coefficient (Wildman–Crippen LogP) is 1.63. The van der Waals surface area contributed by atoms with Crippen molar-refractivity contribution in [2.24, 2.45) is 0 Å². The Hall–Kier alpha value is -1.57. The molecule has 0 spiro atoms. The van der Waals surface area contributed by atoms with Gasteiger partial charge < -0.3 is 15.0 Å². The molecule has 0 amide bonds. The first-order valence-corrected chi connectivity index (χ1v) is 6.16. The van der Waals surface area contributed by atoms with Crippen molar-refractivity contribution in [1.82, 2.24) is 10.2 Å². The first-order chi connectivity index (χ1) is 8.72. The number of nitriles is 1. The van der Waals surface area contributed by atoms with E-state index in [1.165, 1.54) is 5.56 Å². The van der Waals surface area contributed by atoms with Crippen LogP contribution in [0.3, 0.4) is 0 Å². The lowest BCUT2D eigenvalue weighted by Gasteiger charge is -2.10. The summed E-state index contributed by atoms with van der Waals surface area (Å²) in [5.74, 6) is 0.754. The molecule has 0 unspecified atom stereocenters. The molecule has 0 heterocycles. The minimum atomic E-state index is 0.0969. The molecule has 18 heavy (non-hydrogen) atoms. The monoisotopic (exact) mass is 247 g/mol. The zero-order valence-corrected chi connectivity index (χ0v) is 11.1. The number of nitrogens with zero attached hydrogens (tertiary/aromatic N) is 2. The van der Waals surface area contributed by atoms with Crippen LogP contribution in [0.25, 0.3) is 0 Å². The number of ether oxygens (including phenoxy) is 1. The van der Waals surface area contributed by atoms with Gasteiger partial charge >= 0.3 is 0 Å². The molecule has 1 aromatic rings. The largest absolute Gasteiger partial charge is 0.479 e. The van der Waals surface area contributed by atoms with Gasteiger partial charge in [0.25, 0.3) is 0 Å². The van der Waals surface area contributed by atoms with E-state index in [0.29, 0.717) is 0 Å². The van der Waals surface area contributed by atoms with Crippen LogP contribution in [0.4, 0.5) is 0 Å². The molecular weight excluding hydrogens is 226 g/mol. The Morgan fingerprint density at radius 3 is 2.94 bits per heavy atom.